The lowest BCUT2D eigenvalue weighted by molar-refractivity contribution is 0.507. The van der Waals surface area contributed by atoms with Gasteiger partial charge in [-0.1, -0.05) is 11.6 Å². The van der Waals surface area contributed by atoms with Crippen LogP contribution >= 0.6 is 38.9 Å². The average molecular weight is 285 g/mol. The van der Waals surface area contributed by atoms with Crippen molar-refractivity contribution in [2.24, 2.45) is 0 Å². The van der Waals surface area contributed by atoms with Crippen molar-refractivity contribution < 1.29 is 8.78 Å². The van der Waals surface area contributed by atoms with E-state index >= 15 is 0 Å². The zero-order chi connectivity index (χ0) is 9.59. The lowest BCUT2D eigenvalue weighted by Crippen LogP contribution is -1.88. The maximum absolute atomic E-state index is 13.1. The summed E-state index contributed by atoms with van der Waals surface area (Å²) < 4.78 is 26.7. The zero-order valence-electron chi connectivity index (χ0n) is 5.94. The van der Waals surface area contributed by atoms with Gasteiger partial charge < -0.3 is 0 Å². The Hall–Kier alpha value is -0.260. The minimum absolute atomic E-state index is 0.0758. The minimum Gasteiger partial charge on any atom is -0.243 e. The molecule has 0 saturated carbocycles. The van der Waals surface area contributed by atoms with Crippen LogP contribution in [0, 0.1) is 11.6 Å². The Balaban J connectivity index is 3.02. The van der Waals surface area contributed by atoms with Crippen molar-refractivity contribution >= 4 is 49.1 Å². The Labute approximate surface area is 89.5 Å². The fraction of sp³-hybridized carbons (Fsp3) is 0. The van der Waals surface area contributed by atoms with Crippen molar-refractivity contribution in [2.75, 3.05) is 0 Å². The van der Waals surface area contributed by atoms with Crippen molar-refractivity contribution in [3.05, 3.63) is 26.6 Å². The van der Waals surface area contributed by atoms with Crippen molar-refractivity contribution in [2.45, 2.75) is 0 Å². The number of nitrogens with zero attached hydrogens (tertiary/aromatic N) is 1. The van der Waals surface area contributed by atoms with Crippen molar-refractivity contribution in [3.63, 3.8) is 0 Å². The molecule has 0 radical (unpaired) electrons. The van der Waals surface area contributed by atoms with E-state index < -0.39 is 11.6 Å². The van der Waals surface area contributed by atoms with Gasteiger partial charge in [0.15, 0.2) is 11.6 Å². The second-order valence-electron chi connectivity index (χ2n) is 2.29. The predicted molar refractivity (Wildman–Crippen MR) is 52.2 cm³/mol. The second-order valence-corrected chi connectivity index (χ2v) is 4.31. The van der Waals surface area contributed by atoms with Gasteiger partial charge in [0, 0.05) is 0 Å². The first kappa shape index (κ1) is 9.30. The number of hydrogen-bond donors (Lipinski definition) is 0. The monoisotopic (exact) mass is 283 g/mol. The normalized spacial score (nSPS) is 11.1. The highest BCUT2D eigenvalue weighted by Crippen LogP contribution is 2.36. The smallest absolute Gasteiger partial charge is 0.180 e. The van der Waals surface area contributed by atoms with E-state index in [1.54, 1.807) is 0 Å². The van der Waals surface area contributed by atoms with E-state index in [0.29, 0.717) is 4.70 Å². The molecule has 6 heteroatoms. The Morgan fingerprint density at radius 2 is 2.08 bits per heavy atom. The van der Waals surface area contributed by atoms with Crippen molar-refractivity contribution in [1.82, 2.24) is 4.98 Å². The van der Waals surface area contributed by atoms with E-state index in [-0.39, 0.29) is 15.0 Å². The highest BCUT2D eigenvalue weighted by molar-refractivity contribution is 9.10. The third kappa shape index (κ3) is 1.26. The average Bonchev–Trinajstić information content (AvgIpc) is 2.59. The van der Waals surface area contributed by atoms with E-state index in [0.717, 1.165) is 0 Å². The molecule has 0 unspecified atom stereocenters. The molecule has 0 atom stereocenters. The summed E-state index contributed by atoms with van der Waals surface area (Å²) >= 11 is 9.70. The molecule has 0 aliphatic rings. The number of thiazole rings is 1. The molecule has 68 valence electrons. The minimum atomic E-state index is -1.06. The summed E-state index contributed by atoms with van der Waals surface area (Å²) in [5, 5.41) is -0.267. The Morgan fingerprint density at radius 3 is 2.77 bits per heavy atom. The molecule has 0 saturated heterocycles. The van der Waals surface area contributed by atoms with Gasteiger partial charge in [-0.05, 0) is 15.9 Å². The number of halogens is 4. The Morgan fingerprint density at radius 1 is 1.38 bits per heavy atom. The Bertz CT molecular complexity index is 443. The summed E-state index contributed by atoms with van der Waals surface area (Å²) in [5.41, 5.74) is 1.78. The van der Waals surface area contributed by atoms with E-state index in [4.69, 9.17) is 11.6 Å². The molecule has 0 N–H and O–H groups in total. The van der Waals surface area contributed by atoms with Crippen LogP contribution in [0.3, 0.4) is 0 Å². The molecular weight excluding hydrogens is 284 g/mol. The molecule has 2 rings (SSSR count). The summed E-state index contributed by atoms with van der Waals surface area (Å²) in [6, 6.07) is 0. The molecule has 0 bridgehead atoms. The standard InChI is InChI=1S/C7HBrClF2NS/c8-2-4(10)5(11)3(9)6-7(2)13-1-12-6/h1H. The highest BCUT2D eigenvalue weighted by Gasteiger charge is 2.18. The van der Waals surface area contributed by atoms with Crippen LogP contribution in [0.25, 0.3) is 10.2 Å². The van der Waals surface area contributed by atoms with Gasteiger partial charge in [0.05, 0.1) is 14.7 Å². The molecule has 1 nitrogen and oxygen atoms in total. The van der Waals surface area contributed by atoms with E-state index in [9.17, 15) is 8.78 Å². The van der Waals surface area contributed by atoms with Crippen LogP contribution in [0.4, 0.5) is 8.78 Å². The fourth-order valence-electron chi connectivity index (χ4n) is 0.955. The van der Waals surface area contributed by atoms with E-state index in [2.05, 4.69) is 20.9 Å². The third-order valence-electron chi connectivity index (χ3n) is 1.55. The Kier molecular flexibility index (Phi) is 2.25. The predicted octanol–water partition coefficient (Wildman–Crippen LogP) is 3.99. The molecule has 1 heterocycles. The number of benzene rings is 1. The number of rotatable bonds is 0. The van der Waals surface area contributed by atoms with Gasteiger partial charge in [-0.2, -0.15) is 0 Å². The van der Waals surface area contributed by atoms with Gasteiger partial charge in [0.25, 0.3) is 0 Å². The summed E-state index contributed by atoms with van der Waals surface area (Å²) in [4.78, 5) is 3.83. The fourth-order valence-corrected chi connectivity index (χ4v) is 2.60. The number of fused-ring (bicyclic) bond motifs is 1. The summed E-state index contributed by atoms with van der Waals surface area (Å²) in [5.74, 6) is -2.03. The number of aromatic nitrogens is 1. The highest BCUT2D eigenvalue weighted by atomic mass is 79.9. The van der Waals surface area contributed by atoms with E-state index in [1.807, 2.05) is 0 Å². The van der Waals surface area contributed by atoms with Gasteiger partial charge in [0.2, 0.25) is 0 Å². The first-order chi connectivity index (χ1) is 6.13. The maximum Gasteiger partial charge on any atom is 0.180 e. The zero-order valence-corrected chi connectivity index (χ0v) is 9.10. The molecule has 0 aliphatic carbocycles. The number of hydrogen-bond acceptors (Lipinski definition) is 2. The largest absolute Gasteiger partial charge is 0.243 e. The van der Waals surface area contributed by atoms with Gasteiger partial charge >= 0.3 is 0 Å². The summed E-state index contributed by atoms with van der Waals surface area (Å²) in [7, 11) is 0. The lowest BCUT2D eigenvalue weighted by atomic mass is 10.3. The van der Waals surface area contributed by atoms with Crippen LogP contribution in [0.2, 0.25) is 5.02 Å². The molecule has 0 aliphatic heterocycles. The van der Waals surface area contributed by atoms with Gasteiger partial charge in [-0.15, -0.1) is 11.3 Å². The molecule has 1 aromatic heterocycles. The quantitative estimate of drug-likeness (QED) is 0.526. The SMILES string of the molecule is Fc1c(F)c(Br)c2scnc2c1Cl. The topological polar surface area (TPSA) is 12.9 Å². The van der Waals surface area contributed by atoms with Crippen LogP contribution in [0.5, 0.6) is 0 Å². The van der Waals surface area contributed by atoms with Crippen LogP contribution in [0.1, 0.15) is 0 Å². The van der Waals surface area contributed by atoms with Crippen LogP contribution in [-0.2, 0) is 0 Å². The molecule has 2 aromatic rings. The maximum atomic E-state index is 13.1. The van der Waals surface area contributed by atoms with Crippen LogP contribution < -0.4 is 0 Å². The second kappa shape index (κ2) is 3.15. The summed E-state index contributed by atoms with van der Waals surface area (Å²) in [6.07, 6.45) is 0. The molecule has 0 spiro atoms. The van der Waals surface area contributed by atoms with Crippen molar-refractivity contribution in [1.29, 1.82) is 0 Å². The molecular formula is C7HBrClF2NS. The van der Waals surface area contributed by atoms with Crippen LogP contribution in [-0.4, -0.2) is 4.98 Å². The first-order valence-corrected chi connectivity index (χ1v) is 5.23. The molecule has 0 fully saturated rings. The lowest BCUT2D eigenvalue weighted by Gasteiger charge is -2.00. The van der Waals surface area contributed by atoms with Crippen molar-refractivity contribution in [3.8, 4) is 0 Å². The first-order valence-electron chi connectivity index (χ1n) is 3.18. The molecule has 1 aromatic carbocycles. The van der Waals surface area contributed by atoms with E-state index in [1.165, 1.54) is 16.8 Å². The third-order valence-corrected chi connectivity index (χ3v) is 3.75. The van der Waals surface area contributed by atoms with Gasteiger partial charge in [-0.25, -0.2) is 13.8 Å². The molecule has 13 heavy (non-hydrogen) atoms. The van der Waals surface area contributed by atoms with Crippen LogP contribution in [0.15, 0.2) is 9.98 Å². The summed E-state index contributed by atoms with van der Waals surface area (Å²) in [6.45, 7) is 0. The van der Waals surface area contributed by atoms with Gasteiger partial charge in [0.1, 0.15) is 10.5 Å². The van der Waals surface area contributed by atoms with Gasteiger partial charge in [-0.3, -0.25) is 0 Å². The molecule has 0 amide bonds.